The maximum atomic E-state index is 12.1. The first-order valence-electron chi connectivity index (χ1n) is 5.95. The summed E-state index contributed by atoms with van der Waals surface area (Å²) >= 11 is 0. The molecule has 3 unspecified atom stereocenters. The summed E-state index contributed by atoms with van der Waals surface area (Å²) in [5.74, 6) is 0.962. The topological polar surface area (TPSA) is 46.3 Å². The van der Waals surface area contributed by atoms with Crippen LogP contribution < -0.4 is 5.73 Å². The molecule has 0 heterocycles. The predicted octanol–water partition coefficient (Wildman–Crippen LogP) is 1.62. The van der Waals surface area contributed by atoms with Crippen molar-refractivity contribution in [1.82, 2.24) is 4.90 Å². The molecule has 0 aromatic carbocycles. The number of amides is 1. The van der Waals surface area contributed by atoms with E-state index in [2.05, 4.69) is 20.8 Å². The van der Waals surface area contributed by atoms with Gasteiger partial charge >= 0.3 is 0 Å². The Morgan fingerprint density at radius 3 is 2.33 bits per heavy atom. The third-order valence-corrected chi connectivity index (χ3v) is 3.75. The molecule has 1 rings (SSSR count). The molecule has 0 saturated heterocycles. The first kappa shape index (κ1) is 12.5. The summed E-state index contributed by atoms with van der Waals surface area (Å²) in [6, 6.07) is 0.552. The minimum atomic E-state index is 0.172. The van der Waals surface area contributed by atoms with E-state index in [1.807, 2.05) is 11.9 Å². The zero-order chi connectivity index (χ0) is 11.6. The Kier molecular flexibility index (Phi) is 4.14. The van der Waals surface area contributed by atoms with E-state index in [4.69, 9.17) is 5.73 Å². The monoisotopic (exact) mass is 212 g/mol. The maximum absolute atomic E-state index is 12.1. The Morgan fingerprint density at radius 2 is 1.93 bits per heavy atom. The fourth-order valence-corrected chi connectivity index (χ4v) is 2.18. The van der Waals surface area contributed by atoms with E-state index < -0.39 is 0 Å². The van der Waals surface area contributed by atoms with Crippen molar-refractivity contribution in [3.63, 3.8) is 0 Å². The highest BCUT2D eigenvalue weighted by atomic mass is 16.2. The van der Waals surface area contributed by atoms with Gasteiger partial charge in [-0.25, -0.2) is 0 Å². The Hall–Kier alpha value is -0.570. The van der Waals surface area contributed by atoms with Gasteiger partial charge in [-0.15, -0.1) is 0 Å². The Bertz CT molecular complexity index is 228. The molecule has 0 aromatic rings. The minimum Gasteiger partial charge on any atom is -0.343 e. The highest BCUT2D eigenvalue weighted by Gasteiger charge is 2.31. The summed E-state index contributed by atoms with van der Waals surface area (Å²) < 4.78 is 0. The van der Waals surface area contributed by atoms with Crippen molar-refractivity contribution >= 4 is 5.91 Å². The third kappa shape index (κ3) is 2.94. The number of nitrogens with zero attached hydrogens (tertiary/aromatic N) is 1. The zero-order valence-corrected chi connectivity index (χ0v) is 10.4. The molecular formula is C12H24N2O. The van der Waals surface area contributed by atoms with Gasteiger partial charge in [0.15, 0.2) is 0 Å². The summed E-state index contributed by atoms with van der Waals surface area (Å²) in [4.78, 5) is 14.0. The van der Waals surface area contributed by atoms with Crippen LogP contribution in [0.25, 0.3) is 0 Å². The largest absolute Gasteiger partial charge is 0.343 e. The van der Waals surface area contributed by atoms with E-state index in [-0.39, 0.29) is 17.9 Å². The van der Waals surface area contributed by atoms with Crippen LogP contribution in [0.3, 0.4) is 0 Å². The second-order valence-electron chi connectivity index (χ2n) is 5.20. The van der Waals surface area contributed by atoms with Gasteiger partial charge in [-0.2, -0.15) is 0 Å². The Morgan fingerprint density at radius 1 is 1.33 bits per heavy atom. The summed E-state index contributed by atoms with van der Waals surface area (Å²) in [5.41, 5.74) is 5.83. The molecular weight excluding hydrogens is 188 g/mol. The van der Waals surface area contributed by atoms with E-state index in [0.717, 1.165) is 19.3 Å². The molecule has 1 aliphatic rings. The quantitative estimate of drug-likeness (QED) is 0.772. The van der Waals surface area contributed by atoms with Crippen molar-refractivity contribution in [2.24, 2.45) is 17.6 Å². The molecule has 1 saturated carbocycles. The van der Waals surface area contributed by atoms with Crippen LogP contribution >= 0.6 is 0 Å². The van der Waals surface area contributed by atoms with E-state index >= 15 is 0 Å². The van der Waals surface area contributed by atoms with Crippen LogP contribution in [0.5, 0.6) is 0 Å². The fourth-order valence-electron chi connectivity index (χ4n) is 2.18. The molecule has 0 spiro atoms. The van der Waals surface area contributed by atoms with Gasteiger partial charge in [0.25, 0.3) is 0 Å². The summed E-state index contributed by atoms with van der Waals surface area (Å²) in [5, 5.41) is 0. The van der Waals surface area contributed by atoms with Crippen molar-refractivity contribution in [3.8, 4) is 0 Å². The van der Waals surface area contributed by atoms with Crippen molar-refractivity contribution in [2.45, 2.75) is 52.1 Å². The molecule has 15 heavy (non-hydrogen) atoms. The first-order valence-corrected chi connectivity index (χ1v) is 5.95. The van der Waals surface area contributed by atoms with E-state index in [1.165, 1.54) is 0 Å². The van der Waals surface area contributed by atoms with Crippen LogP contribution in [0.15, 0.2) is 0 Å². The lowest BCUT2D eigenvalue weighted by atomic mass is 10.0. The van der Waals surface area contributed by atoms with Gasteiger partial charge < -0.3 is 10.6 Å². The molecule has 1 fully saturated rings. The smallest absolute Gasteiger partial charge is 0.225 e. The molecule has 0 bridgehead atoms. The molecule has 0 aliphatic heterocycles. The molecule has 3 atom stereocenters. The molecule has 88 valence electrons. The second kappa shape index (κ2) is 4.97. The number of nitrogens with two attached hydrogens (primary N) is 1. The van der Waals surface area contributed by atoms with Crippen molar-refractivity contribution in [2.75, 3.05) is 7.05 Å². The van der Waals surface area contributed by atoms with Crippen LogP contribution in [0, 0.1) is 11.8 Å². The molecule has 2 N–H and O–H groups in total. The number of rotatable bonds is 3. The predicted molar refractivity (Wildman–Crippen MR) is 62.4 cm³/mol. The average Bonchev–Trinajstić information content (AvgIpc) is 2.61. The Balaban J connectivity index is 2.53. The van der Waals surface area contributed by atoms with Gasteiger partial charge in [0, 0.05) is 25.0 Å². The molecule has 1 amide bonds. The summed E-state index contributed by atoms with van der Waals surface area (Å²) in [7, 11) is 1.91. The van der Waals surface area contributed by atoms with Crippen molar-refractivity contribution < 1.29 is 4.79 Å². The zero-order valence-electron chi connectivity index (χ0n) is 10.4. The summed E-state index contributed by atoms with van der Waals surface area (Å²) in [6.45, 7) is 6.40. The molecule has 1 aliphatic carbocycles. The van der Waals surface area contributed by atoms with Crippen LogP contribution in [0.2, 0.25) is 0 Å². The lowest BCUT2D eigenvalue weighted by molar-refractivity contribution is -0.136. The minimum absolute atomic E-state index is 0.172. The molecule has 0 aromatic heterocycles. The van der Waals surface area contributed by atoms with E-state index in [9.17, 15) is 4.79 Å². The fraction of sp³-hybridized carbons (Fsp3) is 0.917. The number of hydrogen-bond acceptors (Lipinski definition) is 2. The number of hydrogen-bond donors (Lipinski definition) is 1. The SMILES string of the molecule is CC(C)C(C)N(C)C(=O)C1CCC(N)C1. The lowest BCUT2D eigenvalue weighted by Crippen LogP contribution is -2.41. The van der Waals surface area contributed by atoms with Crippen LogP contribution in [0.1, 0.15) is 40.0 Å². The summed E-state index contributed by atoms with van der Waals surface area (Å²) in [6.07, 6.45) is 2.84. The second-order valence-corrected chi connectivity index (χ2v) is 5.20. The van der Waals surface area contributed by atoms with Crippen molar-refractivity contribution in [1.29, 1.82) is 0 Å². The van der Waals surface area contributed by atoms with E-state index in [1.54, 1.807) is 0 Å². The molecule has 0 radical (unpaired) electrons. The number of carbonyl (C=O) groups is 1. The van der Waals surface area contributed by atoms with Gasteiger partial charge in [-0.05, 0) is 32.1 Å². The highest BCUT2D eigenvalue weighted by molar-refractivity contribution is 5.79. The van der Waals surface area contributed by atoms with E-state index in [0.29, 0.717) is 12.0 Å². The first-order chi connectivity index (χ1) is 6.93. The molecule has 3 heteroatoms. The highest BCUT2D eigenvalue weighted by Crippen LogP contribution is 2.26. The van der Waals surface area contributed by atoms with Crippen LogP contribution in [-0.4, -0.2) is 29.9 Å². The average molecular weight is 212 g/mol. The maximum Gasteiger partial charge on any atom is 0.225 e. The molecule has 3 nitrogen and oxygen atoms in total. The normalized spacial score (nSPS) is 28.1. The number of carbonyl (C=O) groups excluding carboxylic acids is 1. The van der Waals surface area contributed by atoms with Crippen molar-refractivity contribution in [3.05, 3.63) is 0 Å². The standard InChI is InChI=1S/C12H24N2O/c1-8(2)9(3)14(4)12(15)10-5-6-11(13)7-10/h8-11H,5-7,13H2,1-4H3. The van der Waals surface area contributed by atoms with Crippen LogP contribution in [0.4, 0.5) is 0 Å². The van der Waals surface area contributed by atoms with Gasteiger partial charge in [0.1, 0.15) is 0 Å². The van der Waals surface area contributed by atoms with Gasteiger partial charge in [0.05, 0.1) is 0 Å². The third-order valence-electron chi connectivity index (χ3n) is 3.75. The van der Waals surface area contributed by atoms with Gasteiger partial charge in [-0.3, -0.25) is 4.79 Å². The van der Waals surface area contributed by atoms with Crippen LogP contribution in [-0.2, 0) is 4.79 Å². The van der Waals surface area contributed by atoms with Gasteiger partial charge in [-0.1, -0.05) is 13.8 Å². The van der Waals surface area contributed by atoms with Gasteiger partial charge in [0.2, 0.25) is 5.91 Å². The Labute approximate surface area is 93.0 Å². The lowest BCUT2D eigenvalue weighted by Gasteiger charge is -2.30.